The third-order valence-electron chi connectivity index (χ3n) is 4.80. The molecule has 1 aliphatic rings. The van der Waals surface area contributed by atoms with Crippen molar-refractivity contribution in [1.29, 1.82) is 0 Å². The van der Waals surface area contributed by atoms with E-state index in [1.54, 1.807) is 12.1 Å². The molecule has 142 valence electrons. The summed E-state index contributed by atoms with van der Waals surface area (Å²) in [6, 6.07) is 12.6. The predicted molar refractivity (Wildman–Crippen MR) is 107 cm³/mol. The van der Waals surface area contributed by atoms with Crippen LogP contribution in [0, 0.1) is 5.92 Å². The maximum atomic E-state index is 12.3. The minimum absolute atomic E-state index is 0.0379. The third-order valence-corrected chi connectivity index (χ3v) is 5.29. The Kier molecular flexibility index (Phi) is 6.72. The number of hydrazone groups is 1. The fourth-order valence-electron chi connectivity index (χ4n) is 3.24. The van der Waals surface area contributed by atoms with Gasteiger partial charge in [-0.3, -0.25) is 4.79 Å². The number of hydrogen-bond acceptors (Lipinski definition) is 3. The summed E-state index contributed by atoms with van der Waals surface area (Å²) in [5, 5.41) is 14.9. The van der Waals surface area contributed by atoms with Gasteiger partial charge in [-0.05, 0) is 30.3 Å². The first-order valence-corrected chi connectivity index (χ1v) is 9.66. The van der Waals surface area contributed by atoms with E-state index >= 15 is 0 Å². The maximum absolute atomic E-state index is 12.3. The molecule has 2 aromatic carbocycles. The van der Waals surface area contributed by atoms with Crippen molar-refractivity contribution in [1.82, 2.24) is 5.43 Å². The molecule has 0 unspecified atom stereocenters. The van der Waals surface area contributed by atoms with Gasteiger partial charge in [-0.15, -0.1) is 0 Å². The van der Waals surface area contributed by atoms with Gasteiger partial charge in [0.25, 0.3) is 0 Å². The first kappa shape index (κ1) is 19.7. The molecule has 7 heteroatoms. The number of phenolic OH excluding ortho intramolecular Hbond substituents is 1. The van der Waals surface area contributed by atoms with Gasteiger partial charge in [-0.2, -0.15) is 5.10 Å². The molecule has 1 aliphatic heterocycles. The Labute approximate surface area is 168 Å². The maximum Gasteiger partial charge on any atom is 0.243 e. The normalized spacial score (nSPS) is 19.9. The number of nitrogens with one attached hydrogen (secondary N) is 2. The van der Waals surface area contributed by atoms with Gasteiger partial charge in [0.15, 0.2) is 0 Å². The van der Waals surface area contributed by atoms with Gasteiger partial charge in [0.1, 0.15) is 12.3 Å². The van der Waals surface area contributed by atoms with Crippen molar-refractivity contribution in [2.75, 3.05) is 13.1 Å². The Morgan fingerprint density at radius 2 is 1.81 bits per heavy atom. The molecule has 1 saturated heterocycles. The minimum Gasteiger partial charge on any atom is -0.507 e. The smallest absolute Gasteiger partial charge is 0.243 e. The molecule has 3 N–H and O–H groups in total. The number of hydrogen-bond donors (Lipinski definition) is 3. The van der Waals surface area contributed by atoms with Crippen LogP contribution in [0.5, 0.6) is 5.75 Å². The number of benzene rings is 2. The summed E-state index contributed by atoms with van der Waals surface area (Å²) in [7, 11) is 0. The quantitative estimate of drug-likeness (QED) is 0.527. The fourth-order valence-corrected chi connectivity index (χ4v) is 3.55. The van der Waals surface area contributed by atoms with Crippen molar-refractivity contribution in [2.45, 2.75) is 19.4 Å². The van der Waals surface area contributed by atoms with Gasteiger partial charge in [-0.25, -0.2) is 5.43 Å². The topological polar surface area (TPSA) is 66.1 Å². The number of rotatable bonds is 5. The van der Waals surface area contributed by atoms with Crippen LogP contribution in [0.15, 0.2) is 47.6 Å². The van der Waals surface area contributed by atoms with Crippen molar-refractivity contribution in [3.63, 3.8) is 0 Å². The van der Waals surface area contributed by atoms with Crippen LogP contribution < -0.4 is 10.3 Å². The van der Waals surface area contributed by atoms with Crippen LogP contribution in [0.2, 0.25) is 10.0 Å². The van der Waals surface area contributed by atoms with Crippen LogP contribution in [0.3, 0.4) is 0 Å². The second-order valence-corrected chi connectivity index (χ2v) is 7.64. The van der Waals surface area contributed by atoms with Crippen LogP contribution in [-0.4, -0.2) is 30.3 Å². The van der Waals surface area contributed by atoms with Crippen molar-refractivity contribution >= 4 is 35.3 Å². The molecule has 1 fully saturated rings. The van der Waals surface area contributed by atoms with E-state index in [0.29, 0.717) is 10.6 Å². The lowest BCUT2D eigenvalue weighted by molar-refractivity contribution is -0.919. The summed E-state index contributed by atoms with van der Waals surface area (Å²) >= 11 is 11.8. The zero-order chi connectivity index (χ0) is 19.2. The largest absolute Gasteiger partial charge is 0.507 e. The van der Waals surface area contributed by atoms with Crippen molar-refractivity contribution in [2.24, 2.45) is 11.0 Å². The lowest BCUT2D eigenvalue weighted by Crippen LogP contribution is -3.11. The van der Waals surface area contributed by atoms with E-state index in [0.717, 1.165) is 37.5 Å². The van der Waals surface area contributed by atoms with E-state index in [9.17, 15) is 9.90 Å². The van der Waals surface area contributed by atoms with Gasteiger partial charge >= 0.3 is 0 Å². The van der Waals surface area contributed by atoms with Gasteiger partial charge in [-0.1, -0.05) is 35.3 Å². The standard InChI is InChI=1S/C20H21Cl2N3O2/c21-17-3-1-14(2-4-17)13-25-9-7-15(8-10-25)20(27)24-23-12-16-11-18(22)5-6-19(16)26/h1-6,11-12,15,26H,7-10,13H2,(H,24,27)/p+1/b23-12+. The van der Waals surface area contributed by atoms with Gasteiger partial charge in [0, 0.05) is 34.0 Å². The average Bonchev–Trinajstić information content (AvgIpc) is 2.67. The zero-order valence-corrected chi connectivity index (χ0v) is 16.3. The Balaban J connectivity index is 1.46. The summed E-state index contributed by atoms with van der Waals surface area (Å²) in [6.07, 6.45) is 3.05. The number of amides is 1. The molecule has 0 radical (unpaired) electrons. The van der Waals surface area contributed by atoms with Crippen LogP contribution >= 0.6 is 23.2 Å². The van der Waals surface area contributed by atoms with Gasteiger partial charge in [0.05, 0.1) is 25.2 Å². The molecular weight excluding hydrogens is 385 g/mol. The number of quaternary nitrogens is 1. The van der Waals surface area contributed by atoms with E-state index in [1.165, 1.54) is 22.7 Å². The SMILES string of the molecule is O=C(N/N=C/c1cc(Cl)ccc1O)C1CC[NH+](Cc2ccc(Cl)cc2)CC1. The second-order valence-electron chi connectivity index (χ2n) is 6.76. The number of likely N-dealkylation sites (tertiary alicyclic amines) is 1. The van der Waals surface area contributed by atoms with Crippen LogP contribution in [0.4, 0.5) is 0 Å². The Morgan fingerprint density at radius 1 is 1.15 bits per heavy atom. The van der Waals surface area contributed by atoms with Crippen molar-refractivity contribution in [3.8, 4) is 5.75 Å². The molecule has 2 aromatic rings. The molecular formula is C20H22Cl2N3O2+. The molecule has 0 aliphatic carbocycles. The molecule has 1 amide bonds. The highest BCUT2D eigenvalue weighted by Crippen LogP contribution is 2.19. The number of carbonyl (C=O) groups excluding carboxylic acids is 1. The number of piperidine rings is 1. The molecule has 27 heavy (non-hydrogen) atoms. The molecule has 0 bridgehead atoms. The van der Waals surface area contributed by atoms with E-state index in [-0.39, 0.29) is 17.6 Å². The average molecular weight is 407 g/mol. The number of halogens is 2. The highest BCUT2D eigenvalue weighted by atomic mass is 35.5. The molecule has 3 rings (SSSR count). The molecule has 0 saturated carbocycles. The summed E-state index contributed by atoms with van der Waals surface area (Å²) in [4.78, 5) is 13.8. The molecule has 1 heterocycles. The third kappa shape index (κ3) is 5.70. The Morgan fingerprint density at radius 3 is 2.52 bits per heavy atom. The lowest BCUT2D eigenvalue weighted by Gasteiger charge is -2.28. The van der Waals surface area contributed by atoms with Gasteiger partial charge < -0.3 is 10.0 Å². The highest BCUT2D eigenvalue weighted by Gasteiger charge is 2.27. The summed E-state index contributed by atoms with van der Waals surface area (Å²) in [5.74, 6) is -0.0566. The number of phenols is 1. The van der Waals surface area contributed by atoms with E-state index in [2.05, 4.69) is 10.5 Å². The summed E-state index contributed by atoms with van der Waals surface area (Å²) in [5.41, 5.74) is 4.29. The van der Waals surface area contributed by atoms with E-state index < -0.39 is 0 Å². The number of carbonyl (C=O) groups is 1. The van der Waals surface area contributed by atoms with Crippen molar-refractivity contribution < 1.29 is 14.8 Å². The monoisotopic (exact) mass is 406 g/mol. The summed E-state index contributed by atoms with van der Waals surface area (Å²) in [6.45, 7) is 2.83. The zero-order valence-electron chi connectivity index (χ0n) is 14.8. The number of aromatic hydroxyl groups is 1. The molecule has 5 nitrogen and oxygen atoms in total. The van der Waals surface area contributed by atoms with Crippen LogP contribution in [0.25, 0.3) is 0 Å². The lowest BCUT2D eigenvalue weighted by atomic mass is 9.96. The highest BCUT2D eigenvalue weighted by molar-refractivity contribution is 6.31. The minimum atomic E-state index is -0.0849. The first-order valence-electron chi connectivity index (χ1n) is 8.90. The van der Waals surface area contributed by atoms with Crippen LogP contribution in [-0.2, 0) is 11.3 Å². The predicted octanol–water partition coefficient (Wildman–Crippen LogP) is 2.64. The van der Waals surface area contributed by atoms with Gasteiger partial charge in [0.2, 0.25) is 5.91 Å². The van der Waals surface area contributed by atoms with Crippen LogP contribution in [0.1, 0.15) is 24.0 Å². The molecule has 0 spiro atoms. The summed E-state index contributed by atoms with van der Waals surface area (Å²) < 4.78 is 0. The van der Waals surface area contributed by atoms with E-state index in [4.69, 9.17) is 23.2 Å². The molecule has 0 aromatic heterocycles. The molecule has 0 atom stereocenters. The Hall–Kier alpha value is -2.08. The van der Waals surface area contributed by atoms with E-state index in [1.807, 2.05) is 24.3 Å². The fraction of sp³-hybridized carbons (Fsp3) is 0.300. The van der Waals surface area contributed by atoms with Crippen molar-refractivity contribution in [3.05, 3.63) is 63.6 Å². The number of nitrogens with zero attached hydrogens (tertiary/aromatic N) is 1. The first-order chi connectivity index (χ1) is 13.0. The Bertz CT molecular complexity index is 816. The second kappa shape index (κ2) is 9.22.